The lowest BCUT2D eigenvalue weighted by molar-refractivity contribution is 0.665. The quantitative estimate of drug-likeness (QED) is 0.825. The van der Waals surface area contributed by atoms with Gasteiger partial charge in [-0.05, 0) is 43.9 Å². The number of rotatable bonds is 3. The summed E-state index contributed by atoms with van der Waals surface area (Å²) in [5.74, 6) is 1.05. The Hall–Kier alpha value is -1.35. The van der Waals surface area contributed by atoms with Crippen LogP contribution in [0.2, 0.25) is 0 Å². The molecule has 1 heterocycles. The fraction of sp³-hybridized carbons (Fsp3) is 0.462. The Morgan fingerprint density at radius 3 is 2.94 bits per heavy atom. The van der Waals surface area contributed by atoms with E-state index in [4.69, 9.17) is 0 Å². The molecule has 0 radical (unpaired) electrons. The van der Waals surface area contributed by atoms with Gasteiger partial charge in [-0.1, -0.05) is 6.07 Å². The van der Waals surface area contributed by atoms with Crippen molar-refractivity contribution >= 4 is 11.0 Å². The average Bonchev–Trinajstić information content (AvgIpc) is 2.96. The number of benzene rings is 1. The largest absolute Gasteiger partial charge is 0.341 e. The molecule has 3 rings (SSSR count). The number of aromatic amines is 1. The summed E-state index contributed by atoms with van der Waals surface area (Å²) in [5.41, 5.74) is 4.81. The smallest absolute Gasteiger partial charge is 0.121 e. The number of nitrogens with one attached hydrogen (secondary N) is 2. The van der Waals surface area contributed by atoms with Gasteiger partial charge in [-0.25, -0.2) is 4.98 Å². The summed E-state index contributed by atoms with van der Waals surface area (Å²) in [6, 6.07) is 5.08. The van der Waals surface area contributed by atoms with Gasteiger partial charge in [0.2, 0.25) is 0 Å². The number of nitrogens with zero attached hydrogens (tertiary/aromatic N) is 1. The molecule has 0 bridgehead atoms. The molecular weight excluding hydrogens is 198 g/mol. The molecule has 1 aromatic carbocycles. The van der Waals surface area contributed by atoms with Crippen LogP contribution in [0, 0.1) is 13.8 Å². The van der Waals surface area contributed by atoms with Crippen LogP contribution >= 0.6 is 0 Å². The highest BCUT2D eigenvalue weighted by atomic mass is 15.0. The summed E-state index contributed by atoms with van der Waals surface area (Å²) < 4.78 is 0. The van der Waals surface area contributed by atoms with E-state index >= 15 is 0 Å². The molecule has 16 heavy (non-hydrogen) atoms. The molecule has 3 nitrogen and oxygen atoms in total. The van der Waals surface area contributed by atoms with E-state index in [-0.39, 0.29) is 0 Å². The molecule has 0 unspecified atom stereocenters. The number of aryl methyl sites for hydroxylation is 2. The van der Waals surface area contributed by atoms with Crippen molar-refractivity contribution in [3.63, 3.8) is 0 Å². The third-order valence-corrected chi connectivity index (χ3v) is 3.11. The summed E-state index contributed by atoms with van der Waals surface area (Å²) in [6.07, 6.45) is 2.64. The Morgan fingerprint density at radius 2 is 2.19 bits per heavy atom. The van der Waals surface area contributed by atoms with Gasteiger partial charge in [-0.3, -0.25) is 0 Å². The van der Waals surface area contributed by atoms with Crippen LogP contribution in [0.3, 0.4) is 0 Å². The van der Waals surface area contributed by atoms with Gasteiger partial charge in [-0.15, -0.1) is 0 Å². The minimum atomic E-state index is 0.732. The summed E-state index contributed by atoms with van der Waals surface area (Å²) >= 11 is 0. The Bertz CT molecular complexity index is 523. The van der Waals surface area contributed by atoms with Crippen LogP contribution in [0.15, 0.2) is 12.1 Å². The molecular formula is C13H17N3. The molecule has 2 N–H and O–H groups in total. The highest BCUT2D eigenvalue weighted by molar-refractivity contribution is 5.79. The zero-order chi connectivity index (χ0) is 11.1. The fourth-order valence-electron chi connectivity index (χ4n) is 2.13. The van der Waals surface area contributed by atoms with E-state index in [1.54, 1.807) is 0 Å². The molecule has 1 aliphatic rings. The standard InChI is InChI=1S/C13H17N3/c1-8-5-9(2)13-11(6-8)15-12(16-13)7-14-10-3-4-10/h5-6,10,14H,3-4,7H2,1-2H3,(H,15,16). The van der Waals surface area contributed by atoms with Crippen LogP contribution in [0.4, 0.5) is 0 Å². The normalized spacial score (nSPS) is 15.9. The minimum Gasteiger partial charge on any atom is -0.341 e. The fourth-order valence-corrected chi connectivity index (χ4v) is 2.13. The van der Waals surface area contributed by atoms with Crippen molar-refractivity contribution in [2.45, 2.75) is 39.3 Å². The van der Waals surface area contributed by atoms with E-state index in [1.807, 2.05) is 0 Å². The number of H-pyrrole nitrogens is 1. The van der Waals surface area contributed by atoms with E-state index in [2.05, 4.69) is 41.3 Å². The molecule has 0 atom stereocenters. The predicted octanol–water partition coefficient (Wildman–Crippen LogP) is 2.43. The highest BCUT2D eigenvalue weighted by Gasteiger charge is 2.20. The second-order valence-corrected chi connectivity index (χ2v) is 4.82. The molecule has 0 aliphatic heterocycles. The second kappa shape index (κ2) is 3.59. The van der Waals surface area contributed by atoms with Crippen molar-refractivity contribution in [2.75, 3.05) is 0 Å². The first kappa shape index (κ1) is 9.85. The number of hydrogen-bond acceptors (Lipinski definition) is 2. The molecule has 0 spiro atoms. The topological polar surface area (TPSA) is 40.7 Å². The van der Waals surface area contributed by atoms with Gasteiger partial charge in [-0.2, -0.15) is 0 Å². The monoisotopic (exact) mass is 215 g/mol. The highest BCUT2D eigenvalue weighted by Crippen LogP contribution is 2.21. The van der Waals surface area contributed by atoms with Gasteiger partial charge in [0.15, 0.2) is 0 Å². The summed E-state index contributed by atoms with van der Waals surface area (Å²) in [6.45, 7) is 5.10. The zero-order valence-corrected chi connectivity index (χ0v) is 9.80. The van der Waals surface area contributed by atoms with E-state index in [0.717, 1.165) is 29.4 Å². The molecule has 1 saturated carbocycles. The Balaban J connectivity index is 1.91. The second-order valence-electron chi connectivity index (χ2n) is 4.82. The Morgan fingerprint density at radius 1 is 1.38 bits per heavy atom. The number of imidazole rings is 1. The van der Waals surface area contributed by atoms with Crippen molar-refractivity contribution in [1.82, 2.24) is 15.3 Å². The number of hydrogen-bond donors (Lipinski definition) is 2. The third-order valence-electron chi connectivity index (χ3n) is 3.11. The van der Waals surface area contributed by atoms with Gasteiger partial charge in [0, 0.05) is 6.04 Å². The van der Waals surface area contributed by atoms with Crippen molar-refractivity contribution in [3.05, 3.63) is 29.1 Å². The lowest BCUT2D eigenvalue weighted by Gasteiger charge is -1.96. The third kappa shape index (κ3) is 1.83. The molecule has 0 amide bonds. The van der Waals surface area contributed by atoms with Gasteiger partial charge in [0.25, 0.3) is 0 Å². The van der Waals surface area contributed by atoms with Gasteiger partial charge in [0.05, 0.1) is 17.6 Å². The first-order chi connectivity index (χ1) is 7.72. The summed E-state index contributed by atoms with van der Waals surface area (Å²) in [7, 11) is 0. The van der Waals surface area contributed by atoms with E-state index in [9.17, 15) is 0 Å². The van der Waals surface area contributed by atoms with Gasteiger partial charge < -0.3 is 10.3 Å². The predicted molar refractivity (Wildman–Crippen MR) is 65.4 cm³/mol. The maximum atomic E-state index is 4.64. The molecule has 1 fully saturated rings. The van der Waals surface area contributed by atoms with Crippen molar-refractivity contribution < 1.29 is 0 Å². The van der Waals surface area contributed by atoms with E-state index in [1.165, 1.54) is 24.0 Å². The lowest BCUT2D eigenvalue weighted by atomic mass is 10.1. The number of aromatic nitrogens is 2. The molecule has 0 saturated heterocycles. The van der Waals surface area contributed by atoms with Crippen LogP contribution in [-0.2, 0) is 6.54 Å². The van der Waals surface area contributed by atoms with Crippen molar-refractivity contribution in [2.24, 2.45) is 0 Å². The van der Waals surface area contributed by atoms with Gasteiger partial charge >= 0.3 is 0 Å². The van der Waals surface area contributed by atoms with Gasteiger partial charge in [0.1, 0.15) is 5.82 Å². The van der Waals surface area contributed by atoms with Crippen LogP contribution in [-0.4, -0.2) is 16.0 Å². The Labute approximate surface area is 95.3 Å². The summed E-state index contributed by atoms with van der Waals surface area (Å²) in [4.78, 5) is 8.02. The van der Waals surface area contributed by atoms with Crippen molar-refractivity contribution in [1.29, 1.82) is 0 Å². The molecule has 2 aromatic rings. The zero-order valence-electron chi connectivity index (χ0n) is 9.80. The minimum absolute atomic E-state index is 0.732. The lowest BCUT2D eigenvalue weighted by Crippen LogP contribution is -2.16. The molecule has 1 aromatic heterocycles. The summed E-state index contributed by atoms with van der Waals surface area (Å²) in [5, 5.41) is 3.47. The maximum absolute atomic E-state index is 4.64. The first-order valence-corrected chi connectivity index (χ1v) is 5.91. The van der Waals surface area contributed by atoms with Crippen LogP contribution in [0.25, 0.3) is 11.0 Å². The molecule has 3 heteroatoms. The SMILES string of the molecule is Cc1cc(C)c2nc(CNC3CC3)[nH]c2c1. The van der Waals surface area contributed by atoms with Crippen LogP contribution < -0.4 is 5.32 Å². The number of fused-ring (bicyclic) bond motifs is 1. The van der Waals surface area contributed by atoms with Crippen LogP contribution in [0.1, 0.15) is 29.8 Å². The first-order valence-electron chi connectivity index (χ1n) is 5.91. The molecule has 1 aliphatic carbocycles. The maximum Gasteiger partial charge on any atom is 0.121 e. The Kier molecular flexibility index (Phi) is 2.21. The van der Waals surface area contributed by atoms with E-state index < -0.39 is 0 Å². The molecule has 84 valence electrons. The average molecular weight is 215 g/mol. The van der Waals surface area contributed by atoms with Crippen molar-refractivity contribution in [3.8, 4) is 0 Å². The van der Waals surface area contributed by atoms with Crippen LogP contribution in [0.5, 0.6) is 0 Å². The van der Waals surface area contributed by atoms with E-state index in [0.29, 0.717) is 0 Å².